The average molecular weight is 474 g/mol. The highest BCUT2D eigenvalue weighted by atomic mass is 127. The van der Waals surface area contributed by atoms with Crippen LogP contribution in [0.5, 0.6) is 5.75 Å². The number of guanidine groups is 1. The summed E-state index contributed by atoms with van der Waals surface area (Å²) < 4.78 is 11.3. The fraction of sp³-hybridized carbons (Fsp3) is 0.526. The highest BCUT2D eigenvalue weighted by molar-refractivity contribution is 14.0. The SMILES string of the molecule is C=CCNC(=NCc1cccc(OCCN2CCOCC2)c1)NCC.I. The first-order valence-electron chi connectivity index (χ1n) is 8.96. The maximum Gasteiger partial charge on any atom is 0.191 e. The van der Waals surface area contributed by atoms with Crippen molar-refractivity contribution in [2.75, 3.05) is 52.5 Å². The van der Waals surface area contributed by atoms with Gasteiger partial charge < -0.3 is 20.1 Å². The molecule has 1 aliphatic heterocycles. The van der Waals surface area contributed by atoms with Gasteiger partial charge in [-0.3, -0.25) is 4.90 Å². The Morgan fingerprint density at radius 1 is 1.35 bits per heavy atom. The molecule has 1 aromatic carbocycles. The summed E-state index contributed by atoms with van der Waals surface area (Å²) in [7, 11) is 0. The third-order valence-electron chi connectivity index (χ3n) is 3.86. The molecule has 7 heteroatoms. The van der Waals surface area contributed by atoms with Gasteiger partial charge in [-0.2, -0.15) is 0 Å². The summed E-state index contributed by atoms with van der Waals surface area (Å²) in [5, 5.41) is 6.42. The second-order valence-electron chi connectivity index (χ2n) is 5.81. The van der Waals surface area contributed by atoms with Crippen molar-refractivity contribution >= 4 is 29.9 Å². The number of hydrogen-bond donors (Lipinski definition) is 2. The van der Waals surface area contributed by atoms with Crippen LogP contribution < -0.4 is 15.4 Å². The minimum Gasteiger partial charge on any atom is -0.492 e. The first-order chi connectivity index (χ1) is 12.3. The zero-order valence-corrected chi connectivity index (χ0v) is 17.9. The van der Waals surface area contributed by atoms with Gasteiger partial charge in [0.05, 0.1) is 19.8 Å². The van der Waals surface area contributed by atoms with Crippen molar-refractivity contribution in [3.63, 3.8) is 0 Å². The lowest BCUT2D eigenvalue weighted by molar-refractivity contribution is 0.0322. The summed E-state index contributed by atoms with van der Waals surface area (Å²) >= 11 is 0. The van der Waals surface area contributed by atoms with Crippen molar-refractivity contribution in [3.05, 3.63) is 42.5 Å². The van der Waals surface area contributed by atoms with Crippen LogP contribution in [-0.2, 0) is 11.3 Å². The van der Waals surface area contributed by atoms with Crippen molar-refractivity contribution in [1.29, 1.82) is 0 Å². The van der Waals surface area contributed by atoms with E-state index >= 15 is 0 Å². The Bertz CT molecular complexity index is 548. The van der Waals surface area contributed by atoms with Gasteiger partial charge in [0.15, 0.2) is 5.96 Å². The maximum absolute atomic E-state index is 5.89. The first-order valence-corrected chi connectivity index (χ1v) is 8.96. The molecule has 1 fully saturated rings. The molecule has 6 nitrogen and oxygen atoms in total. The molecule has 0 atom stereocenters. The minimum atomic E-state index is 0. The standard InChI is InChI=1S/C19H30N4O2.HI/c1-3-8-21-19(20-4-2)22-16-17-6-5-7-18(15-17)25-14-11-23-9-12-24-13-10-23;/h3,5-7,15H,1,4,8-14,16H2,2H3,(H2,20,21,22);1H. The zero-order chi connectivity index (χ0) is 17.7. The van der Waals surface area contributed by atoms with Crippen LogP contribution in [0.1, 0.15) is 12.5 Å². The number of nitrogens with zero attached hydrogens (tertiary/aromatic N) is 2. The highest BCUT2D eigenvalue weighted by Gasteiger charge is 2.09. The lowest BCUT2D eigenvalue weighted by Gasteiger charge is -2.26. The molecule has 1 heterocycles. The Morgan fingerprint density at radius 2 is 2.15 bits per heavy atom. The molecular weight excluding hydrogens is 443 g/mol. The molecule has 0 aromatic heterocycles. The van der Waals surface area contributed by atoms with E-state index < -0.39 is 0 Å². The number of rotatable bonds is 9. The molecule has 26 heavy (non-hydrogen) atoms. The van der Waals surface area contributed by atoms with E-state index in [0.29, 0.717) is 19.7 Å². The third kappa shape index (κ3) is 8.86. The van der Waals surface area contributed by atoms with Crippen LogP contribution in [0.2, 0.25) is 0 Å². The van der Waals surface area contributed by atoms with E-state index in [0.717, 1.165) is 56.7 Å². The molecule has 2 rings (SSSR count). The number of hydrogen-bond acceptors (Lipinski definition) is 4. The van der Waals surface area contributed by atoms with Gasteiger partial charge in [0.25, 0.3) is 0 Å². The molecular formula is C19H31IN4O2. The van der Waals surface area contributed by atoms with Gasteiger partial charge in [-0.25, -0.2) is 4.99 Å². The first kappa shape index (κ1) is 22.7. The lowest BCUT2D eigenvalue weighted by atomic mass is 10.2. The molecule has 0 radical (unpaired) electrons. The molecule has 0 saturated carbocycles. The van der Waals surface area contributed by atoms with Crippen LogP contribution >= 0.6 is 24.0 Å². The number of halogens is 1. The summed E-state index contributed by atoms with van der Waals surface area (Å²) in [6.45, 7) is 13.1. The van der Waals surface area contributed by atoms with Crippen LogP contribution in [0.25, 0.3) is 0 Å². The molecule has 1 aliphatic rings. The molecule has 0 spiro atoms. The van der Waals surface area contributed by atoms with E-state index in [2.05, 4.69) is 39.2 Å². The van der Waals surface area contributed by atoms with Crippen molar-refractivity contribution in [1.82, 2.24) is 15.5 Å². The van der Waals surface area contributed by atoms with Crippen molar-refractivity contribution in [2.24, 2.45) is 4.99 Å². The molecule has 2 N–H and O–H groups in total. The van der Waals surface area contributed by atoms with E-state index in [1.165, 1.54) is 0 Å². The Hall–Kier alpha value is -1.32. The highest BCUT2D eigenvalue weighted by Crippen LogP contribution is 2.14. The third-order valence-corrected chi connectivity index (χ3v) is 3.86. The second kappa shape index (κ2) is 13.8. The number of nitrogens with one attached hydrogen (secondary N) is 2. The van der Waals surface area contributed by atoms with Crippen LogP contribution in [0.15, 0.2) is 41.9 Å². The Kier molecular flexibility index (Phi) is 12.1. The number of benzene rings is 1. The minimum absolute atomic E-state index is 0. The normalized spacial score (nSPS) is 15.0. The quantitative estimate of drug-likeness (QED) is 0.249. The van der Waals surface area contributed by atoms with Crippen molar-refractivity contribution < 1.29 is 9.47 Å². The fourth-order valence-electron chi connectivity index (χ4n) is 2.53. The summed E-state index contributed by atoms with van der Waals surface area (Å²) in [5.41, 5.74) is 1.12. The Morgan fingerprint density at radius 3 is 2.88 bits per heavy atom. The van der Waals surface area contributed by atoms with Gasteiger partial charge in [0.2, 0.25) is 0 Å². The van der Waals surface area contributed by atoms with Crippen LogP contribution in [0, 0.1) is 0 Å². The Labute approximate surface area is 174 Å². The average Bonchev–Trinajstić information content (AvgIpc) is 2.65. The lowest BCUT2D eigenvalue weighted by Crippen LogP contribution is -2.38. The summed E-state index contributed by atoms with van der Waals surface area (Å²) in [5.74, 6) is 1.69. The largest absolute Gasteiger partial charge is 0.492 e. The summed E-state index contributed by atoms with van der Waals surface area (Å²) in [4.78, 5) is 6.95. The Balaban J connectivity index is 0.00000338. The molecule has 146 valence electrons. The van der Waals surface area contributed by atoms with Gasteiger partial charge in [0.1, 0.15) is 12.4 Å². The molecule has 0 aliphatic carbocycles. The predicted octanol–water partition coefficient (Wildman–Crippen LogP) is 2.26. The van der Waals surface area contributed by atoms with Crippen LogP contribution in [0.3, 0.4) is 0 Å². The molecule has 1 aromatic rings. The molecule has 0 unspecified atom stereocenters. The topological polar surface area (TPSA) is 58.1 Å². The predicted molar refractivity (Wildman–Crippen MR) is 118 cm³/mol. The fourth-order valence-corrected chi connectivity index (χ4v) is 2.53. The van der Waals surface area contributed by atoms with E-state index in [1.54, 1.807) is 0 Å². The van der Waals surface area contributed by atoms with E-state index in [1.807, 2.05) is 25.1 Å². The second-order valence-corrected chi connectivity index (χ2v) is 5.81. The number of morpholine rings is 1. The number of aliphatic imine (C=N–C) groups is 1. The van der Waals surface area contributed by atoms with E-state index in [-0.39, 0.29) is 24.0 Å². The summed E-state index contributed by atoms with van der Waals surface area (Å²) in [6, 6.07) is 8.13. The number of ether oxygens (including phenoxy) is 2. The van der Waals surface area contributed by atoms with Crippen molar-refractivity contribution in [2.45, 2.75) is 13.5 Å². The monoisotopic (exact) mass is 474 g/mol. The van der Waals surface area contributed by atoms with Crippen LogP contribution in [-0.4, -0.2) is 63.4 Å². The van der Waals surface area contributed by atoms with Gasteiger partial charge in [-0.15, -0.1) is 30.6 Å². The van der Waals surface area contributed by atoms with Gasteiger partial charge in [-0.1, -0.05) is 18.2 Å². The maximum atomic E-state index is 5.89. The van der Waals surface area contributed by atoms with Crippen molar-refractivity contribution in [3.8, 4) is 5.75 Å². The molecule has 0 amide bonds. The van der Waals surface area contributed by atoms with Crippen LogP contribution in [0.4, 0.5) is 0 Å². The summed E-state index contributed by atoms with van der Waals surface area (Å²) in [6.07, 6.45) is 1.82. The molecule has 0 bridgehead atoms. The van der Waals surface area contributed by atoms with Gasteiger partial charge in [0, 0.05) is 32.7 Å². The molecule has 1 saturated heterocycles. The zero-order valence-electron chi connectivity index (χ0n) is 15.6. The van der Waals surface area contributed by atoms with E-state index in [9.17, 15) is 0 Å². The van der Waals surface area contributed by atoms with Gasteiger partial charge >= 0.3 is 0 Å². The van der Waals surface area contributed by atoms with Gasteiger partial charge in [-0.05, 0) is 24.6 Å². The van der Waals surface area contributed by atoms with E-state index in [4.69, 9.17) is 9.47 Å². The smallest absolute Gasteiger partial charge is 0.191 e.